The number of carbonyl (C=O) groups excluding carboxylic acids is 1. The second-order valence-corrected chi connectivity index (χ2v) is 6.58. The van der Waals surface area contributed by atoms with E-state index in [1.54, 1.807) is 19.2 Å². The summed E-state index contributed by atoms with van der Waals surface area (Å²) in [6.07, 6.45) is 0.809. The number of benzene rings is 2. The Morgan fingerprint density at radius 2 is 1.73 bits per heavy atom. The molecule has 26 heavy (non-hydrogen) atoms. The Morgan fingerprint density at radius 3 is 2.27 bits per heavy atom. The van der Waals surface area contributed by atoms with Crippen LogP contribution in [0.4, 0.5) is 0 Å². The minimum Gasteiger partial charge on any atom is -0.497 e. The lowest BCUT2D eigenvalue weighted by atomic mass is 10.0. The van der Waals surface area contributed by atoms with E-state index < -0.39 is 6.10 Å². The van der Waals surface area contributed by atoms with Gasteiger partial charge in [-0.1, -0.05) is 37.6 Å². The Hall–Kier alpha value is -2.20. The van der Waals surface area contributed by atoms with Gasteiger partial charge in [0.05, 0.1) is 13.2 Å². The minimum atomic E-state index is -0.553. The third-order valence-electron chi connectivity index (χ3n) is 4.31. The van der Waals surface area contributed by atoms with Gasteiger partial charge in [0, 0.05) is 5.02 Å². The summed E-state index contributed by atoms with van der Waals surface area (Å²) in [4.78, 5) is 12.7. The fourth-order valence-electron chi connectivity index (χ4n) is 2.70. The lowest BCUT2D eigenvalue weighted by molar-refractivity contribution is -0.128. The molecule has 0 aromatic heterocycles. The Kier molecular flexibility index (Phi) is 7.34. The zero-order valence-corrected chi connectivity index (χ0v) is 16.5. The lowest BCUT2D eigenvalue weighted by Gasteiger charge is -2.23. The highest BCUT2D eigenvalue weighted by Crippen LogP contribution is 2.24. The molecular formula is C21H26ClNO3. The summed E-state index contributed by atoms with van der Waals surface area (Å²) in [6.45, 7) is 5.88. The monoisotopic (exact) mass is 375 g/mol. The molecule has 2 aromatic rings. The number of ether oxygens (including phenoxy) is 2. The van der Waals surface area contributed by atoms with Crippen molar-refractivity contribution in [3.63, 3.8) is 0 Å². The summed E-state index contributed by atoms with van der Waals surface area (Å²) in [6, 6.07) is 13.1. The van der Waals surface area contributed by atoms with Crippen molar-refractivity contribution in [2.75, 3.05) is 7.11 Å². The van der Waals surface area contributed by atoms with Crippen LogP contribution < -0.4 is 14.8 Å². The molecule has 0 aliphatic carbocycles. The van der Waals surface area contributed by atoms with Gasteiger partial charge in [-0.25, -0.2) is 0 Å². The van der Waals surface area contributed by atoms with Crippen LogP contribution in [0.25, 0.3) is 0 Å². The van der Waals surface area contributed by atoms with Gasteiger partial charge < -0.3 is 14.8 Å². The Bertz CT molecular complexity index is 731. The highest BCUT2D eigenvalue weighted by Gasteiger charge is 2.22. The van der Waals surface area contributed by atoms with Gasteiger partial charge >= 0.3 is 0 Å². The number of carbonyl (C=O) groups is 1. The zero-order chi connectivity index (χ0) is 19.1. The van der Waals surface area contributed by atoms with Crippen molar-refractivity contribution in [2.24, 2.45) is 0 Å². The third kappa shape index (κ3) is 5.15. The van der Waals surface area contributed by atoms with Crippen molar-refractivity contribution < 1.29 is 14.3 Å². The molecule has 2 rings (SSSR count). The second-order valence-electron chi connectivity index (χ2n) is 6.17. The van der Waals surface area contributed by atoms with Gasteiger partial charge in [0.15, 0.2) is 6.10 Å². The molecule has 0 fully saturated rings. The van der Waals surface area contributed by atoms with Gasteiger partial charge in [-0.2, -0.15) is 0 Å². The fourth-order valence-corrected chi connectivity index (χ4v) is 2.82. The van der Waals surface area contributed by atoms with Crippen LogP contribution in [-0.4, -0.2) is 19.1 Å². The van der Waals surface area contributed by atoms with Crippen LogP contribution in [0.5, 0.6) is 11.5 Å². The van der Waals surface area contributed by atoms with E-state index in [4.69, 9.17) is 21.1 Å². The molecule has 5 heteroatoms. The maximum absolute atomic E-state index is 12.7. The number of halogens is 1. The summed E-state index contributed by atoms with van der Waals surface area (Å²) < 4.78 is 11.1. The van der Waals surface area contributed by atoms with Gasteiger partial charge in [-0.15, -0.1) is 0 Å². The van der Waals surface area contributed by atoms with Crippen LogP contribution in [-0.2, 0) is 4.79 Å². The first-order valence-corrected chi connectivity index (χ1v) is 9.23. The molecule has 0 saturated heterocycles. The molecule has 0 saturated carbocycles. The highest BCUT2D eigenvalue weighted by molar-refractivity contribution is 6.31. The molecular weight excluding hydrogens is 350 g/mol. The molecule has 1 N–H and O–H groups in total. The van der Waals surface area contributed by atoms with Crippen LogP contribution in [0.2, 0.25) is 5.02 Å². The number of hydrogen-bond acceptors (Lipinski definition) is 3. The van der Waals surface area contributed by atoms with Crippen molar-refractivity contribution in [2.45, 2.75) is 45.8 Å². The molecule has 140 valence electrons. The van der Waals surface area contributed by atoms with Crippen molar-refractivity contribution in [3.8, 4) is 11.5 Å². The minimum absolute atomic E-state index is 0.0713. The van der Waals surface area contributed by atoms with Gasteiger partial charge in [-0.05, 0) is 61.2 Å². The van der Waals surface area contributed by atoms with E-state index in [-0.39, 0.29) is 11.9 Å². The topological polar surface area (TPSA) is 47.6 Å². The molecule has 0 aliphatic rings. The first kappa shape index (κ1) is 20.1. The van der Waals surface area contributed by atoms with E-state index in [9.17, 15) is 4.79 Å². The van der Waals surface area contributed by atoms with E-state index in [2.05, 4.69) is 5.32 Å². The standard InChI is InChI=1S/C21H26ClNO3/c1-5-19(15-7-9-16(25-4)10-8-15)23-21(24)20(6-2)26-17-11-12-18(22)14(3)13-17/h7-13,19-20H,5-6H2,1-4H3,(H,23,24). The Balaban J connectivity index is 2.06. The van der Waals surface area contributed by atoms with Gasteiger partial charge in [0.25, 0.3) is 5.91 Å². The first-order valence-electron chi connectivity index (χ1n) is 8.85. The lowest BCUT2D eigenvalue weighted by Crippen LogP contribution is -2.39. The quantitative estimate of drug-likeness (QED) is 0.699. The number of nitrogens with one attached hydrogen (secondary N) is 1. The van der Waals surface area contributed by atoms with Crippen LogP contribution in [0.3, 0.4) is 0 Å². The summed E-state index contributed by atoms with van der Waals surface area (Å²) in [5.74, 6) is 1.32. The van der Waals surface area contributed by atoms with E-state index in [0.29, 0.717) is 17.2 Å². The molecule has 0 heterocycles. The summed E-state index contributed by atoms with van der Waals surface area (Å²) in [5, 5.41) is 3.77. The molecule has 4 nitrogen and oxygen atoms in total. The molecule has 2 aromatic carbocycles. The summed E-state index contributed by atoms with van der Waals surface area (Å²) in [7, 11) is 1.63. The predicted octanol–water partition coefficient (Wildman–Crippen LogP) is 5.08. The molecule has 0 aliphatic heterocycles. The van der Waals surface area contributed by atoms with Crippen LogP contribution in [0.15, 0.2) is 42.5 Å². The maximum Gasteiger partial charge on any atom is 0.261 e. The second kappa shape index (κ2) is 9.48. The summed E-state index contributed by atoms with van der Waals surface area (Å²) >= 11 is 6.05. The molecule has 0 radical (unpaired) electrons. The van der Waals surface area contributed by atoms with E-state index in [1.165, 1.54) is 0 Å². The summed E-state index contributed by atoms with van der Waals surface area (Å²) in [5.41, 5.74) is 1.96. The third-order valence-corrected chi connectivity index (χ3v) is 4.74. The van der Waals surface area contributed by atoms with Crippen molar-refractivity contribution >= 4 is 17.5 Å². The number of methoxy groups -OCH3 is 1. The Morgan fingerprint density at radius 1 is 1.08 bits per heavy atom. The van der Waals surface area contributed by atoms with Crippen molar-refractivity contribution in [1.29, 1.82) is 0 Å². The van der Waals surface area contributed by atoms with Gasteiger partial charge in [-0.3, -0.25) is 4.79 Å². The number of hydrogen-bond donors (Lipinski definition) is 1. The predicted molar refractivity (Wildman–Crippen MR) is 105 cm³/mol. The van der Waals surface area contributed by atoms with Crippen molar-refractivity contribution in [1.82, 2.24) is 5.32 Å². The number of amides is 1. The SMILES string of the molecule is CCC(Oc1ccc(Cl)c(C)c1)C(=O)NC(CC)c1ccc(OC)cc1. The maximum atomic E-state index is 12.7. The van der Waals surface area contributed by atoms with Crippen LogP contribution in [0.1, 0.15) is 43.9 Å². The largest absolute Gasteiger partial charge is 0.497 e. The average Bonchev–Trinajstić information content (AvgIpc) is 2.66. The van der Waals surface area contributed by atoms with Crippen LogP contribution >= 0.6 is 11.6 Å². The van der Waals surface area contributed by atoms with Gasteiger partial charge in [0.1, 0.15) is 11.5 Å². The van der Waals surface area contributed by atoms with Crippen molar-refractivity contribution in [3.05, 3.63) is 58.6 Å². The van der Waals surface area contributed by atoms with E-state index in [1.807, 2.05) is 51.1 Å². The molecule has 1 amide bonds. The number of aryl methyl sites for hydroxylation is 1. The molecule has 2 unspecified atom stereocenters. The highest BCUT2D eigenvalue weighted by atomic mass is 35.5. The first-order chi connectivity index (χ1) is 12.5. The molecule has 2 atom stereocenters. The van der Waals surface area contributed by atoms with Crippen LogP contribution in [0, 0.1) is 6.92 Å². The Labute approximate surface area is 160 Å². The molecule has 0 bridgehead atoms. The number of rotatable bonds is 8. The average molecular weight is 376 g/mol. The fraction of sp³-hybridized carbons (Fsp3) is 0.381. The van der Waals surface area contributed by atoms with Gasteiger partial charge in [0.2, 0.25) is 0 Å². The molecule has 0 spiro atoms. The van der Waals surface area contributed by atoms with E-state index >= 15 is 0 Å². The smallest absolute Gasteiger partial charge is 0.261 e. The zero-order valence-electron chi connectivity index (χ0n) is 15.7. The normalized spacial score (nSPS) is 13.0. The van der Waals surface area contributed by atoms with E-state index in [0.717, 1.165) is 23.3 Å².